The summed E-state index contributed by atoms with van der Waals surface area (Å²) in [5, 5.41) is 4.38. The molecule has 1 N–H and O–H groups in total. The van der Waals surface area contributed by atoms with Crippen LogP contribution in [0, 0.1) is 5.92 Å². The summed E-state index contributed by atoms with van der Waals surface area (Å²) in [5.74, 6) is 1.01. The minimum Gasteiger partial charge on any atom is -0.346 e. The van der Waals surface area contributed by atoms with Crippen molar-refractivity contribution in [1.82, 2.24) is 15.2 Å². The topological polar surface area (TPSA) is 31.4 Å². The fourth-order valence-electron chi connectivity index (χ4n) is 2.49. The number of thiazole rings is 1. The lowest BCUT2D eigenvalue weighted by atomic mass is 10.3. The fourth-order valence-corrected chi connectivity index (χ4v) is 3.46. The van der Waals surface area contributed by atoms with Crippen LogP contribution in [0.15, 0.2) is 6.20 Å². The van der Waals surface area contributed by atoms with E-state index < -0.39 is 0 Å². The van der Waals surface area contributed by atoms with E-state index in [1.807, 2.05) is 24.6 Å². The monoisotopic (exact) mass is 266 g/mol. The van der Waals surface area contributed by atoms with Crippen molar-refractivity contribution in [3.05, 3.63) is 11.1 Å². The van der Waals surface area contributed by atoms with Crippen molar-refractivity contribution in [1.29, 1.82) is 0 Å². The predicted molar refractivity (Wildman–Crippen MR) is 76.3 cm³/mol. The molecular weight excluding hydrogens is 244 g/mol. The first kappa shape index (κ1) is 12.4. The van der Waals surface area contributed by atoms with Crippen LogP contribution >= 0.6 is 11.3 Å². The van der Waals surface area contributed by atoms with Gasteiger partial charge in [0, 0.05) is 50.3 Å². The van der Waals surface area contributed by atoms with E-state index >= 15 is 0 Å². The Hall–Kier alpha value is -0.650. The highest BCUT2D eigenvalue weighted by atomic mass is 32.1. The van der Waals surface area contributed by atoms with Crippen molar-refractivity contribution in [2.45, 2.75) is 19.4 Å². The molecule has 2 heterocycles. The van der Waals surface area contributed by atoms with Crippen LogP contribution < -0.4 is 10.2 Å². The minimum atomic E-state index is 0.930. The molecule has 1 saturated carbocycles. The van der Waals surface area contributed by atoms with E-state index in [0.717, 1.165) is 25.6 Å². The Bertz CT molecular complexity index is 380. The zero-order valence-corrected chi connectivity index (χ0v) is 11.9. The summed E-state index contributed by atoms with van der Waals surface area (Å²) >= 11 is 1.83. The Morgan fingerprint density at radius 2 is 2.11 bits per heavy atom. The molecule has 1 aliphatic carbocycles. The van der Waals surface area contributed by atoms with Gasteiger partial charge in [0.2, 0.25) is 0 Å². The normalized spacial score (nSPS) is 21.5. The molecule has 4 nitrogen and oxygen atoms in total. The van der Waals surface area contributed by atoms with E-state index in [0.29, 0.717) is 0 Å². The molecule has 0 atom stereocenters. The van der Waals surface area contributed by atoms with Gasteiger partial charge in [-0.25, -0.2) is 4.98 Å². The average molecular weight is 266 g/mol. The van der Waals surface area contributed by atoms with Gasteiger partial charge < -0.3 is 10.2 Å². The molecule has 0 amide bonds. The number of nitrogens with one attached hydrogen (secondary N) is 1. The van der Waals surface area contributed by atoms with Gasteiger partial charge in [-0.1, -0.05) is 0 Å². The third-order valence-corrected chi connectivity index (χ3v) is 4.81. The zero-order chi connectivity index (χ0) is 12.4. The summed E-state index contributed by atoms with van der Waals surface area (Å²) in [6.45, 7) is 6.95. The first-order valence-electron chi connectivity index (χ1n) is 6.92. The molecule has 2 aliphatic rings. The Kier molecular flexibility index (Phi) is 3.82. The lowest BCUT2D eigenvalue weighted by Gasteiger charge is -2.34. The quantitative estimate of drug-likeness (QED) is 0.873. The van der Waals surface area contributed by atoms with Crippen molar-refractivity contribution in [2.75, 3.05) is 44.7 Å². The Morgan fingerprint density at radius 1 is 1.33 bits per heavy atom. The second-order valence-corrected chi connectivity index (χ2v) is 6.46. The molecule has 1 aromatic rings. The van der Waals surface area contributed by atoms with Gasteiger partial charge >= 0.3 is 0 Å². The number of hydrogen-bond acceptors (Lipinski definition) is 5. The molecule has 0 spiro atoms. The van der Waals surface area contributed by atoms with Crippen molar-refractivity contribution < 1.29 is 0 Å². The molecule has 18 heavy (non-hydrogen) atoms. The Labute approximate surface area is 113 Å². The van der Waals surface area contributed by atoms with Crippen LogP contribution in [0.5, 0.6) is 0 Å². The third-order valence-electron chi connectivity index (χ3n) is 3.75. The van der Waals surface area contributed by atoms with Gasteiger partial charge in [0.1, 0.15) is 0 Å². The van der Waals surface area contributed by atoms with Crippen LogP contribution in [-0.4, -0.2) is 49.7 Å². The van der Waals surface area contributed by atoms with E-state index in [1.54, 1.807) is 0 Å². The van der Waals surface area contributed by atoms with Crippen molar-refractivity contribution in [3.63, 3.8) is 0 Å². The number of hydrogen-bond donors (Lipinski definition) is 1. The smallest absolute Gasteiger partial charge is 0.185 e. The van der Waals surface area contributed by atoms with Crippen LogP contribution in [0.1, 0.15) is 17.7 Å². The highest BCUT2D eigenvalue weighted by molar-refractivity contribution is 7.15. The van der Waals surface area contributed by atoms with Crippen LogP contribution in [-0.2, 0) is 6.54 Å². The molecule has 3 rings (SSSR count). The standard InChI is InChI=1S/C13H22N4S/c1-14-8-12-9-15-13(18-12)17-6-4-16(5-7-17)10-11-2-3-11/h9,11,14H,2-8,10H2,1H3. The molecule has 0 radical (unpaired) electrons. The fraction of sp³-hybridized carbons (Fsp3) is 0.769. The average Bonchev–Trinajstić information content (AvgIpc) is 3.07. The summed E-state index contributed by atoms with van der Waals surface area (Å²) in [4.78, 5) is 10.9. The number of nitrogens with zero attached hydrogens (tertiary/aromatic N) is 3. The highest BCUT2D eigenvalue weighted by Gasteiger charge is 2.26. The molecule has 5 heteroatoms. The first-order chi connectivity index (χ1) is 8.85. The van der Waals surface area contributed by atoms with Gasteiger partial charge in [-0.15, -0.1) is 11.3 Å². The van der Waals surface area contributed by atoms with Gasteiger partial charge in [0.05, 0.1) is 0 Å². The van der Waals surface area contributed by atoms with E-state index in [9.17, 15) is 0 Å². The van der Waals surface area contributed by atoms with Crippen LogP contribution in [0.2, 0.25) is 0 Å². The minimum absolute atomic E-state index is 0.930. The summed E-state index contributed by atoms with van der Waals surface area (Å²) in [6, 6.07) is 0. The lowest BCUT2D eigenvalue weighted by molar-refractivity contribution is 0.248. The number of anilines is 1. The van der Waals surface area contributed by atoms with Gasteiger partial charge in [0.15, 0.2) is 5.13 Å². The maximum Gasteiger partial charge on any atom is 0.185 e. The second kappa shape index (κ2) is 5.55. The van der Waals surface area contributed by atoms with Crippen LogP contribution in [0.25, 0.3) is 0 Å². The van der Waals surface area contributed by atoms with Crippen LogP contribution in [0.3, 0.4) is 0 Å². The van der Waals surface area contributed by atoms with Crippen molar-refractivity contribution in [3.8, 4) is 0 Å². The molecule has 0 unspecified atom stereocenters. The molecule has 0 bridgehead atoms. The molecular formula is C13H22N4S. The molecule has 1 saturated heterocycles. The predicted octanol–water partition coefficient (Wildman–Crippen LogP) is 1.39. The van der Waals surface area contributed by atoms with Crippen molar-refractivity contribution in [2.24, 2.45) is 5.92 Å². The Balaban J connectivity index is 1.51. The number of rotatable bonds is 5. The summed E-state index contributed by atoms with van der Waals surface area (Å²) in [7, 11) is 1.98. The maximum absolute atomic E-state index is 4.54. The number of aromatic nitrogens is 1. The van der Waals surface area contributed by atoms with Gasteiger partial charge in [-0.3, -0.25) is 4.90 Å². The molecule has 1 aliphatic heterocycles. The molecule has 1 aromatic heterocycles. The maximum atomic E-state index is 4.54. The van der Waals surface area contributed by atoms with Gasteiger partial charge in [-0.2, -0.15) is 0 Å². The summed E-state index contributed by atoms with van der Waals surface area (Å²) < 4.78 is 0. The summed E-state index contributed by atoms with van der Waals surface area (Å²) in [5.41, 5.74) is 0. The van der Waals surface area contributed by atoms with Crippen LogP contribution in [0.4, 0.5) is 5.13 Å². The lowest BCUT2D eigenvalue weighted by Crippen LogP contribution is -2.46. The van der Waals surface area contributed by atoms with E-state index in [4.69, 9.17) is 0 Å². The second-order valence-electron chi connectivity index (χ2n) is 5.37. The molecule has 0 aromatic carbocycles. The van der Waals surface area contributed by atoms with Gasteiger partial charge in [-0.05, 0) is 25.8 Å². The van der Waals surface area contributed by atoms with E-state index in [2.05, 4.69) is 20.1 Å². The molecule has 2 fully saturated rings. The highest BCUT2D eigenvalue weighted by Crippen LogP contribution is 2.30. The Morgan fingerprint density at radius 3 is 2.78 bits per heavy atom. The first-order valence-corrected chi connectivity index (χ1v) is 7.73. The van der Waals surface area contributed by atoms with Crippen molar-refractivity contribution >= 4 is 16.5 Å². The SMILES string of the molecule is CNCc1cnc(N2CCN(CC3CC3)CC2)s1. The van der Waals surface area contributed by atoms with E-state index in [1.165, 1.54) is 42.5 Å². The number of piperazine rings is 1. The van der Waals surface area contributed by atoms with Gasteiger partial charge in [0.25, 0.3) is 0 Å². The third kappa shape index (κ3) is 3.02. The van der Waals surface area contributed by atoms with E-state index in [-0.39, 0.29) is 0 Å². The molecule has 100 valence electrons. The zero-order valence-electron chi connectivity index (χ0n) is 11.1. The largest absolute Gasteiger partial charge is 0.346 e. The summed E-state index contributed by atoms with van der Waals surface area (Å²) in [6.07, 6.45) is 4.92.